The molecular weight excluding hydrogens is 270 g/mol. The molecule has 0 saturated heterocycles. The largest absolute Gasteiger partial charge is 0.391 e. The molecule has 1 saturated carbocycles. The molecule has 0 aromatic carbocycles. The lowest BCUT2D eigenvalue weighted by atomic mass is 9.89. The summed E-state index contributed by atoms with van der Waals surface area (Å²) in [5.41, 5.74) is 6.91. The van der Waals surface area contributed by atoms with Crippen LogP contribution in [0.2, 0.25) is 0 Å². The molecule has 1 aliphatic rings. The number of amides is 1. The molecule has 1 amide bonds. The third kappa shape index (κ3) is 3.33. The monoisotopic (exact) mass is 291 g/mol. The molecule has 108 valence electrons. The van der Waals surface area contributed by atoms with Crippen molar-refractivity contribution in [1.29, 1.82) is 0 Å². The van der Waals surface area contributed by atoms with E-state index in [1.807, 2.05) is 13.0 Å². The van der Waals surface area contributed by atoms with E-state index in [-0.39, 0.29) is 5.91 Å². The van der Waals surface area contributed by atoms with Gasteiger partial charge in [-0.25, -0.2) is 0 Å². The second-order valence-corrected chi connectivity index (χ2v) is 6.01. The predicted molar refractivity (Wildman–Crippen MR) is 83.7 cm³/mol. The van der Waals surface area contributed by atoms with E-state index in [4.69, 9.17) is 18.0 Å². The van der Waals surface area contributed by atoms with E-state index in [1.54, 1.807) is 12.4 Å². The number of aromatic nitrogens is 1. The summed E-state index contributed by atoms with van der Waals surface area (Å²) in [6.45, 7) is 1.92. The van der Waals surface area contributed by atoms with Crippen molar-refractivity contribution < 1.29 is 4.79 Å². The zero-order valence-corrected chi connectivity index (χ0v) is 12.6. The molecular formula is C15H21N3OS. The van der Waals surface area contributed by atoms with Crippen LogP contribution in [0.25, 0.3) is 0 Å². The number of rotatable bonds is 3. The number of nitrogens with zero attached hydrogens (tertiary/aromatic N) is 1. The molecule has 3 N–H and O–H groups in total. The SMILES string of the molecule is Cc1cncc(C(=O)NC2(C(N)=S)CCCCCC2)c1. The molecule has 4 nitrogen and oxygen atoms in total. The first-order valence-electron chi connectivity index (χ1n) is 7.08. The minimum absolute atomic E-state index is 0.143. The minimum Gasteiger partial charge on any atom is -0.391 e. The number of hydrogen-bond acceptors (Lipinski definition) is 3. The number of nitrogens with one attached hydrogen (secondary N) is 1. The molecule has 1 fully saturated rings. The van der Waals surface area contributed by atoms with E-state index in [9.17, 15) is 4.79 Å². The number of hydrogen-bond donors (Lipinski definition) is 2. The lowest BCUT2D eigenvalue weighted by molar-refractivity contribution is 0.0917. The van der Waals surface area contributed by atoms with Gasteiger partial charge in [-0.3, -0.25) is 9.78 Å². The van der Waals surface area contributed by atoms with E-state index < -0.39 is 5.54 Å². The predicted octanol–water partition coefficient (Wildman–Crippen LogP) is 2.50. The molecule has 0 aliphatic heterocycles. The molecule has 2 rings (SSSR count). The highest BCUT2D eigenvalue weighted by atomic mass is 32.1. The second kappa shape index (κ2) is 6.31. The molecule has 20 heavy (non-hydrogen) atoms. The third-order valence-corrected chi connectivity index (χ3v) is 4.31. The summed E-state index contributed by atoms with van der Waals surface area (Å²) in [5, 5.41) is 3.07. The lowest BCUT2D eigenvalue weighted by Gasteiger charge is -2.32. The van der Waals surface area contributed by atoms with Crippen molar-refractivity contribution in [3.8, 4) is 0 Å². The van der Waals surface area contributed by atoms with E-state index in [2.05, 4.69) is 10.3 Å². The maximum atomic E-state index is 12.4. The first-order valence-corrected chi connectivity index (χ1v) is 7.48. The standard InChI is InChI=1S/C15H21N3OS/c1-11-8-12(10-17-9-11)13(19)18-15(14(16)20)6-4-2-3-5-7-15/h8-10H,2-7H2,1H3,(H2,16,20)(H,18,19). The highest BCUT2D eigenvalue weighted by Gasteiger charge is 2.35. The summed E-state index contributed by atoms with van der Waals surface area (Å²) in [5.74, 6) is -0.143. The van der Waals surface area contributed by atoms with Crippen LogP contribution in [-0.4, -0.2) is 21.4 Å². The van der Waals surface area contributed by atoms with Crippen molar-refractivity contribution in [2.24, 2.45) is 5.73 Å². The van der Waals surface area contributed by atoms with Crippen LogP contribution in [0.3, 0.4) is 0 Å². The van der Waals surface area contributed by atoms with Crippen LogP contribution in [0.5, 0.6) is 0 Å². The fourth-order valence-corrected chi connectivity index (χ4v) is 2.99. The van der Waals surface area contributed by atoms with Crippen LogP contribution >= 0.6 is 12.2 Å². The average Bonchev–Trinajstić information content (AvgIpc) is 2.65. The highest BCUT2D eigenvalue weighted by Crippen LogP contribution is 2.28. The normalized spacial score (nSPS) is 18.1. The van der Waals surface area contributed by atoms with Gasteiger partial charge in [-0.15, -0.1) is 0 Å². The number of carbonyl (C=O) groups excluding carboxylic acids is 1. The van der Waals surface area contributed by atoms with Crippen molar-refractivity contribution in [3.05, 3.63) is 29.6 Å². The fraction of sp³-hybridized carbons (Fsp3) is 0.533. The lowest BCUT2D eigenvalue weighted by Crippen LogP contribution is -2.56. The zero-order chi connectivity index (χ0) is 14.6. The Hall–Kier alpha value is -1.49. The molecule has 0 bridgehead atoms. The second-order valence-electron chi connectivity index (χ2n) is 5.57. The molecule has 1 aliphatic carbocycles. The first-order chi connectivity index (χ1) is 9.53. The van der Waals surface area contributed by atoms with Crippen molar-refractivity contribution in [2.45, 2.75) is 51.0 Å². The van der Waals surface area contributed by atoms with E-state index >= 15 is 0 Å². The van der Waals surface area contributed by atoms with Crippen molar-refractivity contribution in [3.63, 3.8) is 0 Å². The van der Waals surface area contributed by atoms with Gasteiger partial charge in [0.1, 0.15) is 0 Å². The number of aryl methyl sites for hydroxylation is 1. The Morgan fingerprint density at radius 3 is 2.50 bits per heavy atom. The maximum absolute atomic E-state index is 12.4. The summed E-state index contributed by atoms with van der Waals surface area (Å²) in [6.07, 6.45) is 9.39. The Bertz CT molecular complexity index is 508. The Morgan fingerprint density at radius 2 is 1.95 bits per heavy atom. The third-order valence-electron chi connectivity index (χ3n) is 3.92. The summed E-state index contributed by atoms with van der Waals surface area (Å²) in [6, 6.07) is 1.83. The molecule has 0 radical (unpaired) electrons. The summed E-state index contributed by atoms with van der Waals surface area (Å²) in [4.78, 5) is 16.9. The van der Waals surface area contributed by atoms with E-state index in [0.29, 0.717) is 10.6 Å². The smallest absolute Gasteiger partial charge is 0.253 e. The molecule has 1 heterocycles. The van der Waals surface area contributed by atoms with Crippen molar-refractivity contribution in [2.75, 3.05) is 0 Å². The summed E-state index contributed by atoms with van der Waals surface area (Å²) >= 11 is 5.23. The Labute approximate surface area is 125 Å². The van der Waals surface area contributed by atoms with Crippen LogP contribution in [-0.2, 0) is 0 Å². The van der Waals surface area contributed by atoms with Crippen LogP contribution in [0.4, 0.5) is 0 Å². The topological polar surface area (TPSA) is 68.0 Å². The van der Waals surface area contributed by atoms with Crippen LogP contribution < -0.4 is 11.1 Å². The summed E-state index contributed by atoms with van der Waals surface area (Å²) < 4.78 is 0. The summed E-state index contributed by atoms with van der Waals surface area (Å²) in [7, 11) is 0. The highest BCUT2D eigenvalue weighted by molar-refractivity contribution is 7.80. The van der Waals surface area contributed by atoms with Gasteiger partial charge in [0.2, 0.25) is 0 Å². The van der Waals surface area contributed by atoms with Crippen molar-refractivity contribution in [1.82, 2.24) is 10.3 Å². The van der Waals surface area contributed by atoms with Gasteiger partial charge in [0, 0.05) is 12.4 Å². The quantitative estimate of drug-likeness (QED) is 0.663. The maximum Gasteiger partial charge on any atom is 0.253 e. The molecule has 5 heteroatoms. The molecule has 1 aromatic heterocycles. The van der Waals surface area contributed by atoms with E-state index in [0.717, 1.165) is 31.2 Å². The fourth-order valence-electron chi connectivity index (χ4n) is 2.73. The minimum atomic E-state index is -0.535. The molecule has 1 aromatic rings. The number of carbonyl (C=O) groups is 1. The van der Waals surface area contributed by atoms with Crippen LogP contribution in [0.15, 0.2) is 18.5 Å². The van der Waals surface area contributed by atoms with Gasteiger partial charge in [-0.05, 0) is 31.4 Å². The Kier molecular flexibility index (Phi) is 4.70. The van der Waals surface area contributed by atoms with Gasteiger partial charge >= 0.3 is 0 Å². The number of pyridine rings is 1. The van der Waals surface area contributed by atoms with Gasteiger partial charge in [-0.2, -0.15) is 0 Å². The first kappa shape index (κ1) is 14.9. The zero-order valence-electron chi connectivity index (χ0n) is 11.8. The average molecular weight is 291 g/mol. The number of nitrogens with two attached hydrogens (primary N) is 1. The van der Waals surface area contributed by atoms with Crippen LogP contribution in [0.1, 0.15) is 54.4 Å². The molecule has 0 spiro atoms. The Balaban J connectivity index is 2.19. The van der Waals surface area contributed by atoms with Gasteiger partial charge in [-0.1, -0.05) is 37.9 Å². The Morgan fingerprint density at radius 1 is 1.30 bits per heavy atom. The number of thiocarbonyl (C=S) groups is 1. The van der Waals surface area contributed by atoms with Gasteiger partial charge in [0.15, 0.2) is 0 Å². The van der Waals surface area contributed by atoms with E-state index in [1.165, 1.54) is 12.8 Å². The van der Waals surface area contributed by atoms with Crippen molar-refractivity contribution >= 4 is 23.1 Å². The van der Waals surface area contributed by atoms with Gasteiger partial charge in [0.05, 0.1) is 16.1 Å². The van der Waals surface area contributed by atoms with Gasteiger partial charge < -0.3 is 11.1 Å². The van der Waals surface area contributed by atoms with Crippen LogP contribution in [0, 0.1) is 6.92 Å². The van der Waals surface area contributed by atoms with Gasteiger partial charge in [0.25, 0.3) is 5.91 Å². The molecule has 0 atom stereocenters. The molecule has 0 unspecified atom stereocenters.